The summed E-state index contributed by atoms with van der Waals surface area (Å²) in [5.41, 5.74) is 6.92. The van der Waals surface area contributed by atoms with Crippen LogP contribution in [0.4, 0.5) is 5.69 Å². The largest absolute Gasteiger partial charge is 0.508 e. The number of nitrogens with zero attached hydrogens (tertiary/aromatic N) is 2. The smallest absolute Gasteiger partial charge is 0.239 e. The molecule has 1 aromatic carbocycles. The summed E-state index contributed by atoms with van der Waals surface area (Å²) < 4.78 is 1.47. The number of carbonyl (C=O) groups is 1. The molecule has 0 saturated heterocycles. The molecule has 0 saturated carbocycles. The van der Waals surface area contributed by atoms with Gasteiger partial charge in [-0.3, -0.25) is 9.48 Å². The number of carbonyl (C=O) groups excluding carboxylic acids is 1. The van der Waals surface area contributed by atoms with Crippen molar-refractivity contribution >= 4 is 11.6 Å². The van der Waals surface area contributed by atoms with E-state index in [9.17, 15) is 4.79 Å². The molecule has 0 aliphatic carbocycles. The van der Waals surface area contributed by atoms with E-state index in [0.717, 1.165) is 11.3 Å². The Morgan fingerprint density at radius 2 is 2.11 bits per heavy atom. The van der Waals surface area contributed by atoms with Gasteiger partial charge in [0.1, 0.15) is 12.3 Å². The maximum Gasteiger partial charge on any atom is 0.239 e. The molecule has 1 heterocycles. The van der Waals surface area contributed by atoms with E-state index in [4.69, 9.17) is 10.8 Å². The van der Waals surface area contributed by atoms with Gasteiger partial charge in [-0.05, 0) is 17.7 Å². The number of nitrogens with two attached hydrogens (primary N) is 1. The zero-order valence-electron chi connectivity index (χ0n) is 9.71. The Balaban J connectivity index is 1.92. The van der Waals surface area contributed by atoms with Crippen molar-refractivity contribution < 1.29 is 9.90 Å². The van der Waals surface area contributed by atoms with Crippen LogP contribution in [0.1, 0.15) is 5.56 Å². The maximum absolute atomic E-state index is 10.7. The monoisotopic (exact) mass is 246 g/mol. The van der Waals surface area contributed by atoms with Gasteiger partial charge in [0, 0.05) is 12.7 Å². The molecule has 0 spiro atoms. The van der Waals surface area contributed by atoms with Gasteiger partial charge < -0.3 is 16.2 Å². The number of nitrogens with one attached hydrogen (secondary N) is 1. The topological polar surface area (TPSA) is 93.2 Å². The number of phenols is 1. The Hall–Kier alpha value is -2.50. The van der Waals surface area contributed by atoms with Crippen molar-refractivity contribution in [1.29, 1.82) is 0 Å². The Morgan fingerprint density at radius 1 is 1.39 bits per heavy atom. The molecular weight excluding hydrogens is 232 g/mol. The number of primary amides is 1. The number of hydrogen-bond donors (Lipinski definition) is 3. The van der Waals surface area contributed by atoms with Crippen molar-refractivity contribution in [2.45, 2.75) is 13.1 Å². The van der Waals surface area contributed by atoms with Crippen molar-refractivity contribution in [1.82, 2.24) is 9.78 Å². The molecule has 6 heteroatoms. The Labute approximate surface area is 104 Å². The lowest BCUT2D eigenvalue weighted by atomic mass is 10.2. The molecule has 94 valence electrons. The van der Waals surface area contributed by atoms with E-state index in [2.05, 4.69) is 10.4 Å². The zero-order chi connectivity index (χ0) is 13.0. The fraction of sp³-hybridized carbons (Fsp3) is 0.167. The summed E-state index contributed by atoms with van der Waals surface area (Å²) in [4.78, 5) is 10.7. The Kier molecular flexibility index (Phi) is 3.47. The number of phenolic OH excluding ortho intramolecular Hbond substituents is 1. The van der Waals surface area contributed by atoms with Gasteiger partial charge in [-0.15, -0.1) is 0 Å². The second-order valence-corrected chi connectivity index (χ2v) is 3.91. The van der Waals surface area contributed by atoms with Crippen LogP contribution >= 0.6 is 0 Å². The van der Waals surface area contributed by atoms with Crippen LogP contribution in [0.2, 0.25) is 0 Å². The first-order valence-electron chi connectivity index (χ1n) is 5.46. The van der Waals surface area contributed by atoms with E-state index in [1.807, 2.05) is 12.1 Å². The fourth-order valence-corrected chi connectivity index (χ4v) is 1.52. The van der Waals surface area contributed by atoms with Crippen molar-refractivity contribution in [3.63, 3.8) is 0 Å². The number of benzene rings is 1. The van der Waals surface area contributed by atoms with Crippen LogP contribution in [0.5, 0.6) is 5.75 Å². The van der Waals surface area contributed by atoms with Crippen molar-refractivity contribution in [2.24, 2.45) is 5.73 Å². The summed E-state index contributed by atoms with van der Waals surface area (Å²) >= 11 is 0. The summed E-state index contributed by atoms with van der Waals surface area (Å²) in [5.74, 6) is -0.184. The highest BCUT2D eigenvalue weighted by atomic mass is 16.3. The Morgan fingerprint density at radius 3 is 2.78 bits per heavy atom. The summed E-state index contributed by atoms with van der Waals surface area (Å²) in [6, 6.07) is 6.92. The first kappa shape index (κ1) is 12.0. The SMILES string of the molecule is NC(=O)Cn1cc(NCc2ccc(O)cc2)cn1. The summed E-state index contributed by atoms with van der Waals surface area (Å²) in [7, 11) is 0. The molecular formula is C12H14N4O2. The molecule has 0 aliphatic heterocycles. The van der Waals surface area contributed by atoms with Crippen molar-refractivity contribution in [3.05, 3.63) is 42.2 Å². The van der Waals surface area contributed by atoms with Crippen LogP contribution in [-0.2, 0) is 17.9 Å². The molecule has 18 heavy (non-hydrogen) atoms. The average Bonchev–Trinajstić information content (AvgIpc) is 2.75. The van der Waals surface area contributed by atoms with Gasteiger partial charge in [0.25, 0.3) is 0 Å². The number of hydrogen-bond acceptors (Lipinski definition) is 4. The van der Waals surface area contributed by atoms with Gasteiger partial charge in [0.2, 0.25) is 5.91 Å². The van der Waals surface area contributed by atoms with Crippen LogP contribution in [-0.4, -0.2) is 20.8 Å². The van der Waals surface area contributed by atoms with E-state index in [1.54, 1.807) is 24.5 Å². The number of rotatable bonds is 5. The summed E-state index contributed by atoms with van der Waals surface area (Å²) in [6.45, 7) is 0.684. The number of aromatic nitrogens is 2. The molecule has 4 N–H and O–H groups in total. The molecule has 0 aliphatic rings. The first-order valence-corrected chi connectivity index (χ1v) is 5.46. The highest BCUT2D eigenvalue weighted by molar-refractivity contribution is 5.73. The maximum atomic E-state index is 10.7. The highest BCUT2D eigenvalue weighted by Crippen LogP contribution is 2.12. The summed E-state index contributed by atoms with van der Waals surface area (Å²) in [6.07, 6.45) is 3.34. The van der Waals surface area contributed by atoms with Crippen LogP contribution in [0.25, 0.3) is 0 Å². The molecule has 2 rings (SSSR count). The second kappa shape index (κ2) is 5.22. The van der Waals surface area contributed by atoms with E-state index in [1.165, 1.54) is 4.68 Å². The van der Waals surface area contributed by atoms with E-state index < -0.39 is 5.91 Å². The molecule has 6 nitrogen and oxygen atoms in total. The van der Waals surface area contributed by atoms with Gasteiger partial charge in [-0.1, -0.05) is 12.1 Å². The lowest BCUT2D eigenvalue weighted by molar-refractivity contribution is -0.118. The third-order valence-electron chi connectivity index (χ3n) is 2.38. The second-order valence-electron chi connectivity index (χ2n) is 3.91. The van der Waals surface area contributed by atoms with Gasteiger partial charge in [-0.2, -0.15) is 5.10 Å². The summed E-state index contributed by atoms with van der Waals surface area (Å²) in [5, 5.41) is 16.3. The molecule has 0 atom stereocenters. The van der Waals surface area contributed by atoms with Crippen LogP contribution in [0.3, 0.4) is 0 Å². The Bertz CT molecular complexity index is 533. The van der Waals surface area contributed by atoms with E-state index in [-0.39, 0.29) is 12.3 Å². The van der Waals surface area contributed by atoms with Crippen LogP contribution < -0.4 is 11.1 Å². The highest BCUT2D eigenvalue weighted by Gasteiger charge is 2.01. The average molecular weight is 246 g/mol. The van der Waals surface area contributed by atoms with Gasteiger partial charge in [0.05, 0.1) is 11.9 Å². The van der Waals surface area contributed by atoms with Gasteiger partial charge in [-0.25, -0.2) is 0 Å². The predicted octanol–water partition coefficient (Wildman–Crippen LogP) is 0.686. The fourth-order valence-electron chi connectivity index (χ4n) is 1.52. The first-order chi connectivity index (χ1) is 8.63. The molecule has 0 fully saturated rings. The van der Waals surface area contributed by atoms with Gasteiger partial charge >= 0.3 is 0 Å². The third-order valence-corrected chi connectivity index (χ3v) is 2.38. The van der Waals surface area contributed by atoms with Crippen molar-refractivity contribution in [2.75, 3.05) is 5.32 Å². The normalized spacial score (nSPS) is 10.2. The van der Waals surface area contributed by atoms with E-state index in [0.29, 0.717) is 6.54 Å². The van der Waals surface area contributed by atoms with Crippen LogP contribution in [0.15, 0.2) is 36.7 Å². The molecule has 0 radical (unpaired) electrons. The minimum Gasteiger partial charge on any atom is -0.508 e. The lowest BCUT2D eigenvalue weighted by Crippen LogP contribution is -2.18. The van der Waals surface area contributed by atoms with Gasteiger partial charge in [0.15, 0.2) is 0 Å². The number of amides is 1. The molecule has 0 unspecified atom stereocenters. The molecule has 1 amide bonds. The van der Waals surface area contributed by atoms with Crippen molar-refractivity contribution in [3.8, 4) is 5.75 Å². The lowest BCUT2D eigenvalue weighted by Gasteiger charge is -2.03. The standard InChI is InChI=1S/C12H14N4O2/c13-12(18)8-16-7-10(6-15-16)14-5-9-1-3-11(17)4-2-9/h1-4,6-7,14,17H,5,8H2,(H2,13,18). The minimum atomic E-state index is -0.428. The minimum absolute atomic E-state index is 0.0703. The molecule has 0 bridgehead atoms. The predicted molar refractivity (Wildman–Crippen MR) is 66.9 cm³/mol. The number of aromatic hydroxyl groups is 1. The zero-order valence-corrected chi connectivity index (χ0v) is 9.71. The molecule has 1 aromatic heterocycles. The number of anilines is 1. The van der Waals surface area contributed by atoms with E-state index >= 15 is 0 Å². The molecule has 2 aromatic rings. The quantitative estimate of drug-likeness (QED) is 0.723. The van der Waals surface area contributed by atoms with Crippen LogP contribution in [0, 0.1) is 0 Å². The third kappa shape index (κ3) is 3.24.